The summed E-state index contributed by atoms with van der Waals surface area (Å²) in [5.74, 6) is -3.16. The van der Waals surface area contributed by atoms with Crippen molar-refractivity contribution in [1.29, 1.82) is 0 Å². The smallest absolute Gasteiger partial charge is 0.308 e. The molecule has 1 amide bonds. The molecule has 0 saturated carbocycles. The maximum atomic E-state index is 13.2. The Morgan fingerprint density at radius 1 is 1.15 bits per heavy atom. The van der Waals surface area contributed by atoms with Crippen LogP contribution < -0.4 is 5.56 Å². The van der Waals surface area contributed by atoms with Crippen LogP contribution in [-0.4, -0.2) is 39.5 Å². The van der Waals surface area contributed by atoms with Gasteiger partial charge in [0.1, 0.15) is 11.4 Å². The molecule has 0 unspecified atom stereocenters. The second-order valence-electron chi connectivity index (χ2n) is 7.02. The Morgan fingerprint density at radius 2 is 1.78 bits per heavy atom. The molecule has 1 aliphatic rings. The monoisotopic (exact) mass is 372 g/mol. The summed E-state index contributed by atoms with van der Waals surface area (Å²) in [6, 6.07) is 7.40. The summed E-state index contributed by atoms with van der Waals surface area (Å²) in [7, 11) is 1.60. The lowest BCUT2D eigenvalue weighted by Crippen LogP contribution is -2.37. The van der Waals surface area contributed by atoms with E-state index < -0.39 is 35.1 Å². The molecular formula is C20H21FN2O4. The number of aryl methyl sites for hydroxylation is 2. The molecule has 0 spiro atoms. The number of aromatic nitrogens is 1. The minimum Gasteiger partial charge on any atom is -0.481 e. The average molecular weight is 372 g/mol. The van der Waals surface area contributed by atoms with E-state index in [-0.39, 0.29) is 18.7 Å². The zero-order valence-electron chi connectivity index (χ0n) is 15.4. The van der Waals surface area contributed by atoms with E-state index in [0.717, 1.165) is 5.69 Å². The number of benzene rings is 1. The first-order valence-corrected chi connectivity index (χ1v) is 8.65. The predicted molar refractivity (Wildman–Crippen MR) is 97.3 cm³/mol. The number of hydrogen-bond donors (Lipinski definition) is 1. The van der Waals surface area contributed by atoms with Crippen LogP contribution in [0.4, 0.5) is 4.39 Å². The second kappa shape index (κ2) is 6.98. The number of rotatable bonds is 3. The minimum atomic E-state index is -1.02. The fraction of sp³-hybridized carbons (Fsp3) is 0.350. The Kier molecular flexibility index (Phi) is 4.87. The number of nitrogens with zero attached hydrogens (tertiary/aromatic N) is 2. The third-order valence-corrected chi connectivity index (χ3v) is 5.30. The number of carboxylic acids is 1. The van der Waals surface area contributed by atoms with Crippen LogP contribution in [0.5, 0.6) is 0 Å². The van der Waals surface area contributed by atoms with E-state index in [1.165, 1.54) is 21.6 Å². The van der Waals surface area contributed by atoms with Crippen LogP contribution in [0.25, 0.3) is 0 Å². The van der Waals surface area contributed by atoms with Gasteiger partial charge in [-0.25, -0.2) is 4.39 Å². The third kappa shape index (κ3) is 3.37. The Balaban J connectivity index is 1.96. The molecule has 2 heterocycles. The molecular weight excluding hydrogens is 351 g/mol. The molecule has 1 N–H and O–H groups in total. The van der Waals surface area contributed by atoms with Gasteiger partial charge in [0.05, 0.1) is 5.92 Å². The summed E-state index contributed by atoms with van der Waals surface area (Å²) in [6.45, 7) is 3.65. The first kappa shape index (κ1) is 18.8. The number of hydrogen-bond acceptors (Lipinski definition) is 3. The largest absolute Gasteiger partial charge is 0.481 e. The molecule has 0 bridgehead atoms. The SMILES string of the molecule is Cc1cc(C)n(C)c(=O)c1C(=O)N1C[C@H](C(=O)O)[C@@H](c2ccc(F)cc2)C1. The van der Waals surface area contributed by atoms with Crippen LogP contribution >= 0.6 is 0 Å². The van der Waals surface area contributed by atoms with Gasteiger partial charge in [0.15, 0.2) is 0 Å². The summed E-state index contributed by atoms with van der Waals surface area (Å²) >= 11 is 0. The molecule has 1 saturated heterocycles. The minimum absolute atomic E-state index is 0.00663. The number of pyridine rings is 1. The van der Waals surface area contributed by atoms with E-state index in [4.69, 9.17) is 0 Å². The molecule has 1 aromatic carbocycles. The molecule has 1 aromatic heterocycles. The van der Waals surface area contributed by atoms with Crippen LogP contribution in [0.15, 0.2) is 35.1 Å². The fourth-order valence-corrected chi connectivity index (χ4v) is 3.66. The van der Waals surface area contributed by atoms with Crippen molar-refractivity contribution in [3.05, 3.63) is 68.9 Å². The van der Waals surface area contributed by atoms with Gasteiger partial charge in [0, 0.05) is 31.7 Å². The molecule has 0 radical (unpaired) electrons. The van der Waals surface area contributed by atoms with Crippen molar-refractivity contribution in [3.63, 3.8) is 0 Å². The van der Waals surface area contributed by atoms with Gasteiger partial charge in [-0.1, -0.05) is 12.1 Å². The quantitative estimate of drug-likeness (QED) is 0.895. The Bertz CT molecular complexity index is 965. The number of likely N-dealkylation sites (tertiary alicyclic amines) is 1. The highest BCUT2D eigenvalue weighted by Crippen LogP contribution is 2.33. The zero-order chi connectivity index (χ0) is 19.9. The van der Waals surface area contributed by atoms with Gasteiger partial charge in [0.25, 0.3) is 11.5 Å². The highest BCUT2D eigenvalue weighted by molar-refractivity contribution is 5.96. The maximum Gasteiger partial charge on any atom is 0.308 e. The summed E-state index contributed by atoms with van der Waals surface area (Å²) < 4.78 is 14.6. The van der Waals surface area contributed by atoms with Gasteiger partial charge in [-0.3, -0.25) is 14.4 Å². The van der Waals surface area contributed by atoms with Gasteiger partial charge in [-0.15, -0.1) is 0 Å². The molecule has 0 aliphatic carbocycles. The zero-order valence-corrected chi connectivity index (χ0v) is 15.4. The number of amides is 1. The topological polar surface area (TPSA) is 79.6 Å². The highest BCUT2D eigenvalue weighted by atomic mass is 19.1. The molecule has 1 fully saturated rings. The predicted octanol–water partition coefficient (Wildman–Crippen LogP) is 2.08. The Labute approximate surface area is 155 Å². The molecule has 27 heavy (non-hydrogen) atoms. The normalized spacial score (nSPS) is 19.3. The molecule has 1 aliphatic heterocycles. The van der Waals surface area contributed by atoms with Gasteiger partial charge >= 0.3 is 5.97 Å². The molecule has 7 heteroatoms. The summed E-state index contributed by atoms with van der Waals surface area (Å²) in [5.41, 5.74) is 1.63. The van der Waals surface area contributed by atoms with Crippen molar-refractivity contribution in [2.75, 3.05) is 13.1 Å². The van der Waals surface area contributed by atoms with Crippen LogP contribution in [0.3, 0.4) is 0 Å². The molecule has 3 rings (SSSR count). The van der Waals surface area contributed by atoms with E-state index in [1.807, 2.05) is 0 Å². The lowest BCUT2D eigenvalue weighted by Gasteiger charge is -2.18. The number of carboxylic acid groups (broad SMARTS) is 1. The highest BCUT2D eigenvalue weighted by Gasteiger charge is 2.41. The molecule has 6 nitrogen and oxygen atoms in total. The summed E-state index contributed by atoms with van der Waals surface area (Å²) in [5, 5.41) is 9.58. The summed E-state index contributed by atoms with van der Waals surface area (Å²) in [4.78, 5) is 38.7. The van der Waals surface area contributed by atoms with E-state index in [9.17, 15) is 23.9 Å². The first-order valence-electron chi connectivity index (χ1n) is 8.65. The fourth-order valence-electron chi connectivity index (χ4n) is 3.66. The van der Waals surface area contributed by atoms with E-state index >= 15 is 0 Å². The maximum absolute atomic E-state index is 13.2. The standard InChI is InChI=1S/C20H21FN2O4/c1-11-8-12(2)22(3)18(24)17(11)19(25)23-9-15(16(10-23)20(26)27)13-4-6-14(21)7-5-13/h4-8,15-16H,9-10H2,1-3H3,(H,26,27)/t15-,16+/m1/s1. The van der Waals surface area contributed by atoms with Crippen LogP contribution in [0, 0.1) is 25.6 Å². The number of halogens is 1. The third-order valence-electron chi connectivity index (χ3n) is 5.30. The summed E-state index contributed by atoms with van der Waals surface area (Å²) in [6.07, 6.45) is 0. The van der Waals surface area contributed by atoms with E-state index in [0.29, 0.717) is 11.1 Å². The van der Waals surface area contributed by atoms with Gasteiger partial charge in [-0.05, 0) is 43.2 Å². The molecule has 2 aromatic rings. The van der Waals surface area contributed by atoms with Crippen molar-refractivity contribution in [2.45, 2.75) is 19.8 Å². The van der Waals surface area contributed by atoms with Crippen molar-refractivity contribution in [3.8, 4) is 0 Å². The number of aliphatic carboxylic acids is 1. The Hall–Kier alpha value is -2.96. The van der Waals surface area contributed by atoms with Gasteiger partial charge < -0.3 is 14.6 Å². The van der Waals surface area contributed by atoms with E-state index in [1.54, 1.807) is 39.1 Å². The number of carbonyl (C=O) groups is 2. The van der Waals surface area contributed by atoms with Crippen molar-refractivity contribution < 1.29 is 19.1 Å². The lowest BCUT2D eigenvalue weighted by molar-refractivity contribution is -0.141. The van der Waals surface area contributed by atoms with Crippen molar-refractivity contribution in [1.82, 2.24) is 9.47 Å². The molecule has 142 valence electrons. The van der Waals surface area contributed by atoms with Crippen LogP contribution in [0.1, 0.15) is 33.1 Å². The molecule has 2 atom stereocenters. The van der Waals surface area contributed by atoms with Gasteiger partial charge in [0.2, 0.25) is 0 Å². The van der Waals surface area contributed by atoms with Crippen molar-refractivity contribution in [2.24, 2.45) is 13.0 Å². The van der Waals surface area contributed by atoms with Gasteiger partial charge in [-0.2, -0.15) is 0 Å². The van der Waals surface area contributed by atoms with Crippen molar-refractivity contribution >= 4 is 11.9 Å². The Morgan fingerprint density at radius 3 is 2.37 bits per heavy atom. The lowest BCUT2D eigenvalue weighted by atomic mass is 9.89. The van der Waals surface area contributed by atoms with Crippen LogP contribution in [-0.2, 0) is 11.8 Å². The first-order chi connectivity index (χ1) is 12.7. The number of carbonyl (C=O) groups excluding carboxylic acids is 1. The van der Waals surface area contributed by atoms with Crippen LogP contribution in [0.2, 0.25) is 0 Å². The average Bonchev–Trinajstić information content (AvgIpc) is 3.06. The van der Waals surface area contributed by atoms with E-state index in [2.05, 4.69) is 0 Å². The second-order valence-corrected chi connectivity index (χ2v) is 7.02.